The SMILES string of the molecule is Cc1cc(C(=O)Nc2cc(-c3cnc(N4CCOCC4)nc3)c(F)cc2N2CCN(C)[C@H](C)C2)cc(C)c1F. The second kappa shape index (κ2) is 11.2. The second-order valence-electron chi connectivity index (χ2n) is 10.4. The number of aromatic nitrogens is 2. The van der Waals surface area contributed by atoms with Crippen molar-refractivity contribution in [2.75, 3.05) is 68.1 Å². The Morgan fingerprint density at radius 2 is 1.64 bits per heavy atom. The van der Waals surface area contributed by atoms with Crippen LogP contribution in [0.1, 0.15) is 28.4 Å². The summed E-state index contributed by atoms with van der Waals surface area (Å²) in [5.41, 5.74) is 3.00. The van der Waals surface area contributed by atoms with E-state index in [1.54, 1.807) is 32.3 Å². The van der Waals surface area contributed by atoms with Crippen LogP contribution >= 0.6 is 0 Å². The monoisotopic (exact) mass is 536 g/mol. The minimum absolute atomic E-state index is 0.258. The Labute approximate surface area is 227 Å². The highest BCUT2D eigenvalue weighted by Gasteiger charge is 2.25. The van der Waals surface area contributed by atoms with Crippen LogP contribution in [0.5, 0.6) is 0 Å². The number of anilines is 3. The lowest BCUT2D eigenvalue weighted by Crippen LogP contribution is -2.50. The maximum Gasteiger partial charge on any atom is 0.255 e. The van der Waals surface area contributed by atoms with Crippen LogP contribution in [0.3, 0.4) is 0 Å². The number of morpholine rings is 1. The third-order valence-corrected chi connectivity index (χ3v) is 7.58. The quantitative estimate of drug-likeness (QED) is 0.522. The number of rotatable bonds is 5. The molecule has 2 saturated heterocycles. The average molecular weight is 537 g/mol. The summed E-state index contributed by atoms with van der Waals surface area (Å²) >= 11 is 0. The van der Waals surface area contributed by atoms with Crippen molar-refractivity contribution in [3.63, 3.8) is 0 Å². The van der Waals surface area contributed by atoms with Crippen LogP contribution in [0.2, 0.25) is 0 Å². The van der Waals surface area contributed by atoms with Gasteiger partial charge >= 0.3 is 0 Å². The van der Waals surface area contributed by atoms with Gasteiger partial charge < -0.3 is 24.8 Å². The molecule has 2 fully saturated rings. The van der Waals surface area contributed by atoms with E-state index in [0.29, 0.717) is 79.0 Å². The number of likely N-dealkylation sites (N-methyl/N-ethyl adjacent to an activating group) is 1. The Hall–Kier alpha value is -3.63. The second-order valence-corrected chi connectivity index (χ2v) is 10.4. The molecule has 8 nitrogen and oxygen atoms in total. The van der Waals surface area contributed by atoms with Gasteiger partial charge in [-0.3, -0.25) is 4.79 Å². The number of ether oxygens (including phenoxy) is 1. The lowest BCUT2D eigenvalue weighted by Gasteiger charge is -2.39. The minimum Gasteiger partial charge on any atom is -0.378 e. The van der Waals surface area contributed by atoms with E-state index in [2.05, 4.69) is 39.1 Å². The van der Waals surface area contributed by atoms with Gasteiger partial charge in [-0.05, 0) is 63.2 Å². The zero-order valence-electron chi connectivity index (χ0n) is 22.8. The van der Waals surface area contributed by atoms with Gasteiger partial charge in [0, 0.05) is 67.8 Å². The normalized spacial score (nSPS) is 18.4. The number of nitrogens with zero attached hydrogens (tertiary/aromatic N) is 5. The lowest BCUT2D eigenvalue weighted by atomic mass is 10.0. The minimum atomic E-state index is -0.425. The fourth-order valence-electron chi connectivity index (χ4n) is 5.07. The zero-order chi connectivity index (χ0) is 27.7. The first-order valence-electron chi connectivity index (χ1n) is 13.2. The number of nitrogens with one attached hydrogen (secondary N) is 1. The van der Waals surface area contributed by atoms with Crippen LogP contribution in [-0.4, -0.2) is 79.8 Å². The smallest absolute Gasteiger partial charge is 0.255 e. The molecule has 3 aromatic rings. The number of hydrogen-bond donors (Lipinski definition) is 1. The van der Waals surface area contributed by atoms with Gasteiger partial charge in [0.1, 0.15) is 11.6 Å². The van der Waals surface area contributed by atoms with Gasteiger partial charge in [-0.25, -0.2) is 18.7 Å². The largest absolute Gasteiger partial charge is 0.378 e. The number of amides is 1. The summed E-state index contributed by atoms with van der Waals surface area (Å²) in [6.07, 6.45) is 3.21. The van der Waals surface area contributed by atoms with Gasteiger partial charge in [0.15, 0.2) is 0 Å². The van der Waals surface area contributed by atoms with Crippen LogP contribution in [0.15, 0.2) is 36.7 Å². The van der Waals surface area contributed by atoms with Crippen LogP contribution in [0.25, 0.3) is 11.1 Å². The molecule has 1 atom stereocenters. The van der Waals surface area contributed by atoms with E-state index in [1.807, 2.05) is 4.90 Å². The Bertz CT molecular complexity index is 1340. The van der Waals surface area contributed by atoms with E-state index in [4.69, 9.17) is 4.74 Å². The van der Waals surface area contributed by atoms with Gasteiger partial charge in [-0.15, -0.1) is 0 Å². The number of benzene rings is 2. The number of hydrogen-bond acceptors (Lipinski definition) is 7. The molecule has 3 heterocycles. The Balaban J connectivity index is 1.50. The summed E-state index contributed by atoms with van der Waals surface area (Å²) in [6, 6.07) is 6.42. The van der Waals surface area contributed by atoms with Crippen molar-refractivity contribution in [2.24, 2.45) is 0 Å². The average Bonchev–Trinajstić information content (AvgIpc) is 2.94. The standard InChI is InChI=1S/C29H34F2N6O2/c1-18-11-21(12-19(2)27(18)31)28(38)34-25-13-23(22-15-32-29(33-16-22)36-7-9-39-10-8-36)24(30)14-26(25)37-6-5-35(4)20(3)17-37/h11-16,20H,5-10,17H2,1-4H3,(H,34,38)/t20-/m1/s1. The summed E-state index contributed by atoms with van der Waals surface area (Å²) in [4.78, 5) is 28.6. The van der Waals surface area contributed by atoms with Crippen LogP contribution < -0.4 is 15.1 Å². The first kappa shape index (κ1) is 27.0. The van der Waals surface area contributed by atoms with Gasteiger partial charge in [-0.2, -0.15) is 0 Å². The summed E-state index contributed by atoms with van der Waals surface area (Å²) < 4.78 is 35.2. The highest BCUT2D eigenvalue weighted by molar-refractivity contribution is 6.06. The Morgan fingerprint density at radius 3 is 2.28 bits per heavy atom. The molecule has 39 heavy (non-hydrogen) atoms. The molecule has 5 rings (SSSR count). The summed E-state index contributed by atoms with van der Waals surface area (Å²) in [5.74, 6) is -0.573. The fourth-order valence-corrected chi connectivity index (χ4v) is 5.07. The molecule has 0 saturated carbocycles. The summed E-state index contributed by atoms with van der Waals surface area (Å²) in [5, 5.41) is 2.98. The Kier molecular flexibility index (Phi) is 7.76. The summed E-state index contributed by atoms with van der Waals surface area (Å²) in [6.45, 7) is 10.2. The molecule has 2 aromatic carbocycles. The predicted octanol–water partition coefficient (Wildman–Crippen LogP) is 4.27. The lowest BCUT2D eigenvalue weighted by molar-refractivity contribution is 0.102. The first-order chi connectivity index (χ1) is 18.7. The number of carbonyl (C=O) groups is 1. The molecule has 10 heteroatoms. The molecular weight excluding hydrogens is 502 g/mol. The highest BCUT2D eigenvalue weighted by atomic mass is 19.1. The van der Waals surface area contributed by atoms with Crippen molar-refractivity contribution in [1.82, 2.24) is 14.9 Å². The number of carbonyl (C=O) groups excluding carboxylic acids is 1. The Morgan fingerprint density at radius 1 is 0.974 bits per heavy atom. The van der Waals surface area contributed by atoms with Gasteiger partial charge in [0.25, 0.3) is 5.91 Å². The molecule has 1 aromatic heterocycles. The van der Waals surface area contributed by atoms with E-state index in [1.165, 1.54) is 18.2 Å². The van der Waals surface area contributed by atoms with Crippen molar-refractivity contribution in [2.45, 2.75) is 26.8 Å². The van der Waals surface area contributed by atoms with E-state index in [-0.39, 0.29) is 23.3 Å². The molecular formula is C29H34F2N6O2. The maximum absolute atomic E-state index is 15.6. The summed E-state index contributed by atoms with van der Waals surface area (Å²) in [7, 11) is 2.06. The van der Waals surface area contributed by atoms with E-state index in [0.717, 1.165) is 6.54 Å². The molecule has 2 aliphatic heterocycles. The molecule has 206 valence electrons. The van der Waals surface area contributed by atoms with E-state index >= 15 is 4.39 Å². The molecule has 0 radical (unpaired) electrons. The maximum atomic E-state index is 15.6. The number of aryl methyl sites for hydroxylation is 2. The van der Waals surface area contributed by atoms with Crippen molar-refractivity contribution < 1.29 is 18.3 Å². The topological polar surface area (TPSA) is 73.8 Å². The fraction of sp³-hybridized carbons (Fsp3) is 0.414. The number of halogens is 2. The van der Waals surface area contributed by atoms with Crippen molar-refractivity contribution in [3.05, 3.63) is 65.0 Å². The third kappa shape index (κ3) is 5.72. The molecule has 2 aliphatic rings. The van der Waals surface area contributed by atoms with Crippen LogP contribution in [0, 0.1) is 25.5 Å². The van der Waals surface area contributed by atoms with Gasteiger partial charge in [0.05, 0.1) is 24.6 Å². The van der Waals surface area contributed by atoms with Crippen LogP contribution in [-0.2, 0) is 4.74 Å². The zero-order valence-corrected chi connectivity index (χ0v) is 22.8. The first-order valence-corrected chi connectivity index (χ1v) is 13.2. The number of piperazine rings is 1. The van der Waals surface area contributed by atoms with E-state index < -0.39 is 5.82 Å². The van der Waals surface area contributed by atoms with Crippen LogP contribution in [0.4, 0.5) is 26.1 Å². The van der Waals surface area contributed by atoms with Crippen molar-refractivity contribution in [3.8, 4) is 11.1 Å². The molecule has 0 bridgehead atoms. The third-order valence-electron chi connectivity index (χ3n) is 7.58. The van der Waals surface area contributed by atoms with Crippen molar-refractivity contribution in [1.29, 1.82) is 0 Å². The van der Waals surface area contributed by atoms with Gasteiger partial charge in [-0.1, -0.05) is 0 Å². The molecule has 1 amide bonds. The highest BCUT2D eigenvalue weighted by Crippen LogP contribution is 2.35. The molecule has 1 N–H and O–H groups in total. The van der Waals surface area contributed by atoms with Crippen molar-refractivity contribution >= 4 is 23.2 Å². The molecule has 0 unspecified atom stereocenters. The molecule has 0 aliphatic carbocycles. The molecule has 0 spiro atoms. The van der Waals surface area contributed by atoms with Gasteiger partial charge in [0.2, 0.25) is 5.95 Å². The predicted molar refractivity (Wildman–Crippen MR) is 149 cm³/mol. The van der Waals surface area contributed by atoms with E-state index in [9.17, 15) is 9.18 Å².